The number of carbonyl (C=O) groups excluding carboxylic acids is 4. The summed E-state index contributed by atoms with van der Waals surface area (Å²) >= 11 is 0. The normalized spacial score (nSPS) is 38.8. The van der Waals surface area contributed by atoms with Gasteiger partial charge in [0.1, 0.15) is 6.10 Å². The third-order valence-electron chi connectivity index (χ3n) is 7.94. The minimum atomic E-state index is -1.12. The maximum Gasteiger partial charge on any atom is 0.320 e. The van der Waals surface area contributed by atoms with E-state index >= 15 is 0 Å². The van der Waals surface area contributed by atoms with Gasteiger partial charge in [0.05, 0.1) is 38.0 Å². The molecule has 0 bridgehead atoms. The van der Waals surface area contributed by atoms with Crippen LogP contribution in [-0.2, 0) is 33.4 Å². The van der Waals surface area contributed by atoms with Crippen molar-refractivity contribution in [2.75, 3.05) is 13.7 Å². The van der Waals surface area contributed by atoms with Gasteiger partial charge in [-0.15, -0.1) is 0 Å². The van der Waals surface area contributed by atoms with Crippen molar-refractivity contribution in [2.45, 2.75) is 51.7 Å². The first kappa shape index (κ1) is 22.5. The van der Waals surface area contributed by atoms with Gasteiger partial charge in [0, 0.05) is 17.9 Å². The largest absolute Gasteiger partial charge is 0.472 e. The second kappa shape index (κ2) is 8.03. The van der Waals surface area contributed by atoms with E-state index in [1.807, 2.05) is 13.8 Å². The first-order chi connectivity index (χ1) is 15.2. The number of cyclic esters (lactones) is 1. The van der Waals surface area contributed by atoms with Crippen LogP contribution in [0, 0.1) is 28.6 Å². The molecule has 0 radical (unpaired) electrons. The molecule has 0 aromatic carbocycles. The molecule has 1 aromatic heterocycles. The van der Waals surface area contributed by atoms with Crippen LogP contribution in [0.5, 0.6) is 0 Å². The van der Waals surface area contributed by atoms with Crippen LogP contribution >= 0.6 is 0 Å². The predicted molar refractivity (Wildman–Crippen MR) is 109 cm³/mol. The van der Waals surface area contributed by atoms with Crippen LogP contribution in [0.15, 0.2) is 23.0 Å². The highest BCUT2D eigenvalue weighted by atomic mass is 16.6. The molecule has 9 heteroatoms. The lowest BCUT2D eigenvalue weighted by Gasteiger charge is -2.61. The van der Waals surface area contributed by atoms with Crippen molar-refractivity contribution in [3.8, 4) is 0 Å². The molecule has 2 saturated carbocycles. The summed E-state index contributed by atoms with van der Waals surface area (Å²) in [5.41, 5.74) is 4.55. The molecular weight excluding hydrogens is 418 g/mol. The number of carbonyl (C=O) groups is 4. The molecule has 3 aliphatic rings. The number of hydrogen-bond donors (Lipinski definition) is 1. The number of hydrogen-bond acceptors (Lipinski definition) is 9. The summed E-state index contributed by atoms with van der Waals surface area (Å²) in [4.78, 5) is 51.6. The molecule has 1 aromatic rings. The summed E-state index contributed by atoms with van der Waals surface area (Å²) in [6.45, 7) is 3.45. The predicted octanol–water partition coefficient (Wildman–Crippen LogP) is 1.94. The maximum absolute atomic E-state index is 13.8. The Kier molecular flexibility index (Phi) is 5.65. The lowest BCUT2D eigenvalue weighted by molar-refractivity contribution is -0.210. The van der Waals surface area contributed by atoms with Gasteiger partial charge < -0.3 is 24.4 Å². The van der Waals surface area contributed by atoms with Gasteiger partial charge in [0.15, 0.2) is 11.9 Å². The van der Waals surface area contributed by atoms with Gasteiger partial charge in [-0.2, -0.15) is 0 Å². The monoisotopic (exact) mass is 447 g/mol. The summed E-state index contributed by atoms with van der Waals surface area (Å²) in [5.74, 6) is -3.68. The molecule has 4 rings (SSSR count). The molecule has 9 nitrogen and oxygen atoms in total. The number of Topliss-reactive ketones (excluding diaryl/α,β-unsaturated/α-hetero) is 1. The van der Waals surface area contributed by atoms with Crippen molar-refractivity contribution < 1.29 is 37.8 Å². The molecule has 1 aliphatic heterocycles. The fourth-order valence-corrected chi connectivity index (χ4v) is 6.47. The highest BCUT2D eigenvalue weighted by Crippen LogP contribution is 2.65. The standard InChI is InChI=1S/C23H29NO8/c1-22-6-4-13-21(28)32-16(12-5-7-30-11-12)9-23(13,2)19(22)18(26)15(31-17(25)10-24)8-14(22)20(27)29-3/h5,7,11,13-16,19H,4,6,8-10,24H2,1-3H3/t13-,14-,15-,16-,19-,22-,23-/m0/s1. The van der Waals surface area contributed by atoms with E-state index in [0.717, 1.165) is 0 Å². The molecule has 32 heavy (non-hydrogen) atoms. The van der Waals surface area contributed by atoms with Gasteiger partial charge in [-0.25, -0.2) is 0 Å². The fourth-order valence-electron chi connectivity index (χ4n) is 6.47. The number of fused-ring (bicyclic) bond motifs is 3. The molecule has 2 heterocycles. The summed E-state index contributed by atoms with van der Waals surface area (Å²) in [6.07, 6.45) is 2.75. The van der Waals surface area contributed by atoms with Crippen LogP contribution in [0.4, 0.5) is 0 Å². The Labute approximate surface area is 185 Å². The third kappa shape index (κ3) is 3.34. The molecule has 174 valence electrons. The smallest absolute Gasteiger partial charge is 0.320 e. The average molecular weight is 447 g/mol. The quantitative estimate of drug-likeness (QED) is 0.542. The third-order valence-corrected chi connectivity index (χ3v) is 7.94. The van der Waals surface area contributed by atoms with E-state index in [4.69, 9.17) is 24.4 Å². The number of rotatable bonds is 4. The molecule has 0 spiro atoms. The van der Waals surface area contributed by atoms with E-state index in [2.05, 4.69) is 0 Å². The van der Waals surface area contributed by atoms with Crippen molar-refractivity contribution in [3.05, 3.63) is 24.2 Å². The van der Waals surface area contributed by atoms with Crippen LogP contribution in [0.3, 0.4) is 0 Å². The SMILES string of the molecule is COC(=O)[C@@H]1C[C@H](OC(=O)CN)C(=O)[C@H]2[C@@]1(C)CC[C@H]1C(=O)O[C@H](c3ccoc3)C[C@]21C. The molecule has 7 atom stereocenters. The minimum Gasteiger partial charge on any atom is -0.472 e. The van der Waals surface area contributed by atoms with E-state index in [1.165, 1.54) is 19.6 Å². The zero-order chi connectivity index (χ0) is 23.3. The average Bonchev–Trinajstić information content (AvgIpc) is 3.29. The van der Waals surface area contributed by atoms with Crippen molar-refractivity contribution in [1.29, 1.82) is 0 Å². The van der Waals surface area contributed by atoms with Gasteiger partial charge in [-0.05, 0) is 36.2 Å². The van der Waals surface area contributed by atoms with Gasteiger partial charge in [0.25, 0.3) is 0 Å². The number of nitrogens with two attached hydrogens (primary N) is 1. The minimum absolute atomic E-state index is 0.0423. The number of furan rings is 1. The topological polar surface area (TPSA) is 135 Å². The zero-order valence-corrected chi connectivity index (χ0v) is 18.5. The Bertz CT molecular complexity index is 926. The number of ether oxygens (including phenoxy) is 3. The van der Waals surface area contributed by atoms with Crippen LogP contribution in [0.1, 0.15) is 51.2 Å². The van der Waals surface area contributed by atoms with E-state index in [9.17, 15) is 19.2 Å². The first-order valence-electron chi connectivity index (χ1n) is 10.9. The zero-order valence-electron chi connectivity index (χ0n) is 18.5. The summed E-state index contributed by atoms with van der Waals surface area (Å²) in [5, 5.41) is 0. The highest BCUT2D eigenvalue weighted by Gasteiger charge is 2.67. The van der Waals surface area contributed by atoms with Gasteiger partial charge in [-0.3, -0.25) is 19.2 Å². The van der Waals surface area contributed by atoms with Crippen LogP contribution in [0.2, 0.25) is 0 Å². The van der Waals surface area contributed by atoms with Gasteiger partial charge in [0.2, 0.25) is 0 Å². The lowest BCUT2D eigenvalue weighted by atomic mass is 9.43. The number of esters is 3. The first-order valence-corrected chi connectivity index (χ1v) is 10.9. The maximum atomic E-state index is 13.8. The Morgan fingerprint density at radius 1 is 1.25 bits per heavy atom. The van der Waals surface area contributed by atoms with E-state index in [0.29, 0.717) is 24.8 Å². The van der Waals surface area contributed by atoms with Crippen molar-refractivity contribution >= 4 is 23.7 Å². The molecule has 0 amide bonds. The van der Waals surface area contributed by atoms with Crippen LogP contribution < -0.4 is 5.73 Å². The Hall–Kier alpha value is -2.68. The van der Waals surface area contributed by atoms with E-state index < -0.39 is 52.7 Å². The second-order valence-electron chi connectivity index (χ2n) is 9.62. The van der Waals surface area contributed by atoms with Crippen molar-refractivity contribution in [3.63, 3.8) is 0 Å². The van der Waals surface area contributed by atoms with Crippen molar-refractivity contribution in [1.82, 2.24) is 0 Å². The number of ketones is 1. The molecule has 2 N–H and O–H groups in total. The van der Waals surface area contributed by atoms with Gasteiger partial charge in [-0.1, -0.05) is 13.8 Å². The van der Waals surface area contributed by atoms with E-state index in [-0.39, 0.29) is 24.7 Å². The Morgan fingerprint density at radius 3 is 2.62 bits per heavy atom. The summed E-state index contributed by atoms with van der Waals surface area (Å²) < 4.78 is 21.3. The number of methoxy groups -OCH3 is 1. The highest BCUT2D eigenvalue weighted by molar-refractivity contribution is 5.93. The summed E-state index contributed by atoms with van der Waals surface area (Å²) in [6, 6.07) is 1.73. The molecule has 2 aliphatic carbocycles. The van der Waals surface area contributed by atoms with E-state index in [1.54, 1.807) is 6.07 Å². The molecule has 0 unspecified atom stereocenters. The summed E-state index contributed by atoms with van der Waals surface area (Å²) in [7, 11) is 1.30. The van der Waals surface area contributed by atoms with Crippen molar-refractivity contribution in [2.24, 2.45) is 34.3 Å². The fraction of sp³-hybridized carbons (Fsp3) is 0.652. The van der Waals surface area contributed by atoms with Crippen LogP contribution in [0.25, 0.3) is 0 Å². The molecular formula is C23H29NO8. The second-order valence-corrected chi connectivity index (χ2v) is 9.62. The van der Waals surface area contributed by atoms with Gasteiger partial charge >= 0.3 is 17.9 Å². The molecule has 3 fully saturated rings. The Morgan fingerprint density at radius 2 is 2.00 bits per heavy atom. The Balaban J connectivity index is 1.78. The lowest BCUT2D eigenvalue weighted by Crippen LogP contribution is -2.64. The molecule has 1 saturated heterocycles. The van der Waals surface area contributed by atoms with Crippen LogP contribution in [-0.4, -0.2) is 43.4 Å².